The summed E-state index contributed by atoms with van der Waals surface area (Å²) in [5, 5.41) is 0. The SMILES string of the molecule is COc1ccc(S(=O)(=O)N2CCC3(CC2)CC(=O)c2ccc(C)cc2O3)cc1Br. The van der Waals surface area contributed by atoms with Gasteiger partial charge in [0.2, 0.25) is 10.0 Å². The molecule has 0 saturated carbocycles. The van der Waals surface area contributed by atoms with Gasteiger partial charge in [0.05, 0.1) is 28.5 Å². The van der Waals surface area contributed by atoms with Crippen LogP contribution in [0.25, 0.3) is 0 Å². The summed E-state index contributed by atoms with van der Waals surface area (Å²) >= 11 is 3.34. The zero-order valence-corrected chi connectivity index (χ0v) is 18.7. The van der Waals surface area contributed by atoms with Crippen molar-refractivity contribution in [2.24, 2.45) is 0 Å². The fourth-order valence-electron chi connectivity index (χ4n) is 3.97. The number of Topliss-reactive ketones (excluding diaryl/α,β-unsaturated/α-hetero) is 1. The highest BCUT2D eigenvalue weighted by molar-refractivity contribution is 9.10. The molecular weight excluding hydrogens is 458 g/mol. The Morgan fingerprint density at radius 1 is 1.14 bits per heavy atom. The molecule has 4 rings (SSSR count). The highest BCUT2D eigenvalue weighted by Crippen LogP contribution is 2.40. The number of aryl methyl sites for hydroxylation is 1. The monoisotopic (exact) mass is 479 g/mol. The molecule has 29 heavy (non-hydrogen) atoms. The van der Waals surface area contributed by atoms with E-state index in [-0.39, 0.29) is 17.1 Å². The summed E-state index contributed by atoms with van der Waals surface area (Å²) in [5.41, 5.74) is 1.00. The van der Waals surface area contributed by atoms with Crippen molar-refractivity contribution in [2.45, 2.75) is 36.7 Å². The first-order valence-electron chi connectivity index (χ1n) is 9.41. The normalized spacial score (nSPS) is 18.9. The van der Waals surface area contributed by atoms with Crippen molar-refractivity contribution in [3.63, 3.8) is 0 Å². The third-order valence-corrected chi connectivity index (χ3v) is 8.16. The van der Waals surface area contributed by atoms with Crippen LogP contribution >= 0.6 is 15.9 Å². The summed E-state index contributed by atoms with van der Waals surface area (Å²) in [4.78, 5) is 12.8. The van der Waals surface area contributed by atoms with Crippen LogP contribution in [0.1, 0.15) is 35.2 Å². The molecule has 2 heterocycles. The average Bonchev–Trinajstić information content (AvgIpc) is 2.67. The van der Waals surface area contributed by atoms with Crippen molar-refractivity contribution < 1.29 is 22.7 Å². The van der Waals surface area contributed by atoms with E-state index in [1.807, 2.05) is 19.1 Å². The van der Waals surface area contributed by atoms with Crippen LogP contribution in [0.2, 0.25) is 0 Å². The van der Waals surface area contributed by atoms with Crippen LogP contribution in [0.15, 0.2) is 45.8 Å². The maximum atomic E-state index is 13.1. The molecule has 1 fully saturated rings. The number of benzene rings is 2. The van der Waals surface area contributed by atoms with Gasteiger partial charge in [-0.05, 0) is 58.7 Å². The number of halogens is 1. The Morgan fingerprint density at radius 2 is 1.86 bits per heavy atom. The highest BCUT2D eigenvalue weighted by Gasteiger charge is 2.45. The number of ketones is 1. The molecule has 0 radical (unpaired) electrons. The standard InChI is InChI=1S/C21H22BrNO5S/c1-14-3-5-16-18(24)13-21(28-20(16)11-14)7-9-23(10-8-21)29(25,26)15-4-6-19(27-2)17(22)12-15/h3-6,11-12H,7-10,13H2,1-2H3. The number of hydrogen-bond donors (Lipinski definition) is 0. The van der Waals surface area contributed by atoms with Gasteiger partial charge in [0.15, 0.2) is 5.78 Å². The van der Waals surface area contributed by atoms with Gasteiger partial charge in [0.25, 0.3) is 0 Å². The lowest BCUT2D eigenvalue weighted by Gasteiger charge is -2.43. The first-order chi connectivity index (χ1) is 13.7. The van der Waals surface area contributed by atoms with Gasteiger partial charge in [-0.2, -0.15) is 4.31 Å². The Hall–Kier alpha value is -1.90. The number of rotatable bonds is 3. The van der Waals surface area contributed by atoms with Crippen LogP contribution in [0.5, 0.6) is 11.5 Å². The summed E-state index contributed by atoms with van der Waals surface area (Å²) in [6.07, 6.45) is 1.23. The summed E-state index contributed by atoms with van der Waals surface area (Å²) in [7, 11) is -2.11. The number of piperidine rings is 1. The smallest absolute Gasteiger partial charge is 0.243 e. The number of carbonyl (C=O) groups excluding carboxylic acids is 1. The van der Waals surface area contributed by atoms with E-state index < -0.39 is 15.6 Å². The molecule has 2 aliphatic rings. The maximum absolute atomic E-state index is 13.1. The van der Waals surface area contributed by atoms with Crippen molar-refractivity contribution >= 4 is 31.7 Å². The van der Waals surface area contributed by atoms with Gasteiger partial charge in [-0.3, -0.25) is 4.79 Å². The van der Waals surface area contributed by atoms with Crippen LogP contribution in [-0.4, -0.2) is 44.3 Å². The second-order valence-corrected chi connectivity index (χ2v) is 10.4. The maximum Gasteiger partial charge on any atom is 0.243 e. The Morgan fingerprint density at radius 3 is 2.52 bits per heavy atom. The van der Waals surface area contributed by atoms with Crippen LogP contribution in [0, 0.1) is 6.92 Å². The fourth-order valence-corrected chi connectivity index (χ4v) is 6.13. The molecule has 2 aromatic carbocycles. The third kappa shape index (κ3) is 3.69. The van der Waals surface area contributed by atoms with E-state index >= 15 is 0 Å². The van der Waals surface area contributed by atoms with E-state index in [1.54, 1.807) is 24.3 Å². The number of carbonyl (C=O) groups is 1. The lowest BCUT2D eigenvalue weighted by Crippen LogP contribution is -2.52. The molecule has 0 unspecified atom stereocenters. The van der Waals surface area contributed by atoms with Gasteiger partial charge in [0.1, 0.15) is 17.1 Å². The summed E-state index contributed by atoms with van der Waals surface area (Å²) in [5.74, 6) is 1.24. The van der Waals surface area contributed by atoms with E-state index in [1.165, 1.54) is 11.4 Å². The van der Waals surface area contributed by atoms with Crippen LogP contribution in [0.3, 0.4) is 0 Å². The van der Waals surface area contributed by atoms with Crippen molar-refractivity contribution in [1.82, 2.24) is 4.31 Å². The van der Waals surface area contributed by atoms with E-state index in [0.717, 1.165) is 5.56 Å². The second kappa shape index (κ2) is 7.41. The molecule has 0 atom stereocenters. The third-order valence-electron chi connectivity index (χ3n) is 5.64. The van der Waals surface area contributed by atoms with Crippen molar-refractivity contribution in [3.05, 3.63) is 52.0 Å². The van der Waals surface area contributed by atoms with Crippen LogP contribution < -0.4 is 9.47 Å². The van der Waals surface area contributed by atoms with E-state index in [2.05, 4.69) is 15.9 Å². The zero-order chi connectivity index (χ0) is 20.8. The Labute approximate surface area is 179 Å². The number of ether oxygens (including phenoxy) is 2. The Balaban J connectivity index is 1.53. The molecule has 2 aromatic rings. The molecular formula is C21H22BrNO5S. The summed E-state index contributed by atoms with van der Waals surface area (Å²) in [6, 6.07) is 10.3. The predicted molar refractivity (Wildman–Crippen MR) is 112 cm³/mol. The topological polar surface area (TPSA) is 72.9 Å². The molecule has 0 aliphatic carbocycles. The Bertz CT molecular complexity index is 1070. The molecule has 8 heteroatoms. The van der Waals surface area contributed by atoms with Gasteiger partial charge in [-0.25, -0.2) is 8.42 Å². The summed E-state index contributed by atoms with van der Waals surface area (Å²) in [6.45, 7) is 2.57. The minimum Gasteiger partial charge on any atom is -0.496 e. The van der Waals surface area contributed by atoms with Gasteiger partial charge in [-0.1, -0.05) is 6.07 Å². The first kappa shape index (κ1) is 20.4. The largest absolute Gasteiger partial charge is 0.496 e. The molecule has 6 nitrogen and oxygen atoms in total. The van der Waals surface area contributed by atoms with E-state index in [0.29, 0.717) is 47.5 Å². The quantitative estimate of drug-likeness (QED) is 0.665. The molecule has 2 aliphatic heterocycles. The van der Waals surface area contributed by atoms with Crippen LogP contribution in [-0.2, 0) is 10.0 Å². The fraction of sp³-hybridized carbons (Fsp3) is 0.381. The summed E-state index contributed by atoms with van der Waals surface area (Å²) < 4.78 is 39.6. The zero-order valence-electron chi connectivity index (χ0n) is 16.3. The average molecular weight is 480 g/mol. The number of sulfonamides is 1. The molecule has 1 spiro atoms. The number of nitrogens with zero attached hydrogens (tertiary/aromatic N) is 1. The van der Waals surface area contributed by atoms with Gasteiger partial charge < -0.3 is 9.47 Å². The Kier molecular flexibility index (Phi) is 5.21. The van der Waals surface area contributed by atoms with E-state index in [9.17, 15) is 13.2 Å². The predicted octanol–water partition coefficient (Wildman–Crippen LogP) is 3.95. The minimum atomic E-state index is -3.64. The highest BCUT2D eigenvalue weighted by atomic mass is 79.9. The van der Waals surface area contributed by atoms with Gasteiger partial charge >= 0.3 is 0 Å². The minimum absolute atomic E-state index is 0.0571. The molecule has 0 aromatic heterocycles. The lowest BCUT2D eigenvalue weighted by atomic mass is 9.83. The molecule has 0 bridgehead atoms. The van der Waals surface area contributed by atoms with E-state index in [4.69, 9.17) is 9.47 Å². The molecule has 1 saturated heterocycles. The van der Waals surface area contributed by atoms with Crippen molar-refractivity contribution in [3.8, 4) is 11.5 Å². The molecule has 154 valence electrons. The van der Waals surface area contributed by atoms with Crippen molar-refractivity contribution in [1.29, 1.82) is 0 Å². The van der Waals surface area contributed by atoms with Gasteiger partial charge in [-0.15, -0.1) is 0 Å². The van der Waals surface area contributed by atoms with Crippen molar-refractivity contribution in [2.75, 3.05) is 20.2 Å². The lowest BCUT2D eigenvalue weighted by molar-refractivity contribution is 0.00588. The van der Waals surface area contributed by atoms with Crippen LogP contribution in [0.4, 0.5) is 0 Å². The number of hydrogen-bond acceptors (Lipinski definition) is 5. The molecule has 0 amide bonds. The second-order valence-electron chi connectivity index (χ2n) is 7.59. The number of methoxy groups -OCH3 is 1. The molecule has 0 N–H and O–H groups in total. The number of fused-ring (bicyclic) bond motifs is 1. The van der Waals surface area contributed by atoms with Gasteiger partial charge in [0, 0.05) is 25.9 Å². The first-order valence-corrected chi connectivity index (χ1v) is 11.6.